The Labute approximate surface area is 187 Å². The van der Waals surface area contributed by atoms with E-state index in [2.05, 4.69) is 38.4 Å². The molecule has 3 fully saturated rings. The van der Waals surface area contributed by atoms with E-state index in [1.807, 2.05) is 18.5 Å². The summed E-state index contributed by atoms with van der Waals surface area (Å²) in [5, 5.41) is 17.4. The van der Waals surface area contributed by atoms with Crippen LogP contribution in [0.5, 0.6) is 5.75 Å². The minimum atomic E-state index is 0.550. The van der Waals surface area contributed by atoms with Crippen LogP contribution in [0.4, 0.5) is 5.82 Å². The molecule has 2 aliphatic heterocycles. The highest BCUT2D eigenvalue weighted by atomic mass is 16.5. The van der Waals surface area contributed by atoms with Gasteiger partial charge in [-0.3, -0.25) is 4.90 Å². The van der Waals surface area contributed by atoms with Crippen molar-refractivity contribution in [1.82, 2.24) is 24.8 Å². The van der Waals surface area contributed by atoms with Crippen molar-refractivity contribution in [1.29, 1.82) is 5.26 Å². The second kappa shape index (κ2) is 8.08. The molecule has 6 rings (SSSR count). The lowest BCUT2D eigenvalue weighted by atomic mass is 10.1. The molecule has 2 saturated heterocycles. The summed E-state index contributed by atoms with van der Waals surface area (Å²) < 4.78 is 7.88. The standard InChI is InChI=1S/C24H27N7O/c25-11-20-13-28-31-16-21(32-8-7-29-14-18-9-19(18)15-29)10-22(24(20)31)17-1-2-23(27-12-17)30-5-3-26-4-6-30/h1-2,10,12-13,16,18-19,26H,3-9,14-15H2. The summed E-state index contributed by atoms with van der Waals surface area (Å²) in [5.41, 5.74) is 3.21. The summed E-state index contributed by atoms with van der Waals surface area (Å²) in [6.07, 6.45) is 6.78. The minimum absolute atomic E-state index is 0.550. The number of pyridine rings is 2. The first kappa shape index (κ1) is 19.5. The van der Waals surface area contributed by atoms with Gasteiger partial charge in [-0.2, -0.15) is 10.4 Å². The van der Waals surface area contributed by atoms with Gasteiger partial charge in [0.1, 0.15) is 24.2 Å². The summed E-state index contributed by atoms with van der Waals surface area (Å²) in [5.74, 6) is 3.61. The molecule has 0 spiro atoms. The summed E-state index contributed by atoms with van der Waals surface area (Å²) in [4.78, 5) is 9.51. The van der Waals surface area contributed by atoms with Gasteiger partial charge in [0.2, 0.25) is 0 Å². The number of aromatic nitrogens is 3. The third kappa shape index (κ3) is 3.68. The van der Waals surface area contributed by atoms with Gasteiger partial charge in [-0.15, -0.1) is 0 Å². The molecular weight excluding hydrogens is 402 g/mol. The molecule has 32 heavy (non-hydrogen) atoms. The van der Waals surface area contributed by atoms with Crippen molar-refractivity contribution in [3.8, 4) is 22.9 Å². The van der Waals surface area contributed by atoms with Gasteiger partial charge >= 0.3 is 0 Å². The maximum atomic E-state index is 9.60. The summed E-state index contributed by atoms with van der Waals surface area (Å²) in [6, 6.07) is 8.42. The third-order valence-corrected chi connectivity index (χ3v) is 6.94. The number of piperidine rings is 1. The number of hydrogen-bond acceptors (Lipinski definition) is 7. The number of nitrogens with one attached hydrogen (secondary N) is 1. The van der Waals surface area contributed by atoms with Crippen molar-refractivity contribution in [3.05, 3.63) is 42.4 Å². The van der Waals surface area contributed by atoms with Crippen LogP contribution < -0.4 is 15.0 Å². The SMILES string of the molecule is N#Cc1cnn2cc(OCCN3CC4CC4C3)cc(-c3ccc(N4CCNCC4)nc3)c12. The normalized spacial score (nSPS) is 22.7. The van der Waals surface area contributed by atoms with Gasteiger partial charge in [0.05, 0.1) is 23.5 Å². The van der Waals surface area contributed by atoms with E-state index in [1.54, 1.807) is 10.7 Å². The zero-order valence-electron chi connectivity index (χ0n) is 18.1. The Morgan fingerprint density at radius 3 is 2.75 bits per heavy atom. The van der Waals surface area contributed by atoms with Gasteiger partial charge in [0.15, 0.2) is 0 Å². The highest BCUT2D eigenvalue weighted by Crippen LogP contribution is 2.44. The monoisotopic (exact) mass is 429 g/mol. The van der Waals surface area contributed by atoms with Crippen LogP contribution in [0.1, 0.15) is 12.0 Å². The maximum absolute atomic E-state index is 9.60. The molecule has 0 radical (unpaired) electrons. The Hall–Kier alpha value is -3.15. The van der Waals surface area contributed by atoms with Crippen molar-refractivity contribution in [2.75, 3.05) is 57.3 Å². The maximum Gasteiger partial charge on any atom is 0.138 e. The van der Waals surface area contributed by atoms with E-state index < -0.39 is 0 Å². The highest BCUT2D eigenvalue weighted by molar-refractivity contribution is 5.85. The number of piperazine rings is 1. The predicted octanol–water partition coefficient (Wildman–Crippen LogP) is 2.01. The van der Waals surface area contributed by atoms with Gasteiger partial charge in [-0.05, 0) is 36.5 Å². The molecule has 2 unspecified atom stereocenters. The Bertz CT molecular complexity index is 1150. The van der Waals surface area contributed by atoms with Crippen LogP contribution in [-0.2, 0) is 0 Å². The molecule has 3 aromatic heterocycles. The van der Waals surface area contributed by atoms with Crippen LogP contribution in [0, 0.1) is 23.2 Å². The fraction of sp³-hybridized carbons (Fsp3) is 0.458. The topological polar surface area (TPSA) is 81.7 Å². The number of nitrogens with zero attached hydrogens (tertiary/aromatic N) is 6. The van der Waals surface area contributed by atoms with E-state index in [0.717, 1.165) is 72.8 Å². The van der Waals surface area contributed by atoms with Gasteiger partial charge in [0, 0.05) is 63.1 Å². The number of anilines is 1. The van der Waals surface area contributed by atoms with Crippen LogP contribution in [0.3, 0.4) is 0 Å². The Morgan fingerprint density at radius 2 is 2.00 bits per heavy atom. The number of hydrogen-bond donors (Lipinski definition) is 1. The highest BCUT2D eigenvalue weighted by Gasteiger charge is 2.44. The van der Waals surface area contributed by atoms with E-state index in [0.29, 0.717) is 12.2 Å². The number of nitriles is 1. The Balaban J connectivity index is 1.25. The molecular formula is C24H27N7O. The molecule has 5 heterocycles. The van der Waals surface area contributed by atoms with Crippen LogP contribution in [0.15, 0.2) is 36.8 Å². The predicted molar refractivity (Wildman–Crippen MR) is 122 cm³/mol. The second-order valence-electron chi connectivity index (χ2n) is 9.06. The van der Waals surface area contributed by atoms with E-state index in [9.17, 15) is 5.26 Å². The van der Waals surface area contributed by atoms with Gasteiger partial charge in [-0.1, -0.05) is 0 Å². The molecule has 0 aromatic carbocycles. The van der Waals surface area contributed by atoms with E-state index >= 15 is 0 Å². The van der Waals surface area contributed by atoms with Crippen LogP contribution in [0.25, 0.3) is 16.6 Å². The quantitative estimate of drug-likeness (QED) is 0.642. The Kier molecular flexibility index (Phi) is 4.93. The molecule has 3 aromatic rings. The van der Waals surface area contributed by atoms with Gasteiger partial charge in [-0.25, -0.2) is 9.50 Å². The molecule has 8 nitrogen and oxygen atoms in total. The zero-order valence-corrected chi connectivity index (χ0v) is 18.1. The molecule has 1 N–H and O–H groups in total. The largest absolute Gasteiger partial charge is 0.491 e. The zero-order chi connectivity index (χ0) is 21.5. The fourth-order valence-electron chi connectivity index (χ4n) is 5.07. The van der Waals surface area contributed by atoms with Gasteiger partial charge in [0.25, 0.3) is 0 Å². The van der Waals surface area contributed by atoms with Crippen molar-refractivity contribution in [2.24, 2.45) is 11.8 Å². The summed E-state index contributed by atoms with van der Waals surface area (Å²) in [6.45, 7) is 7.90. The third-order valence-electron chi connectivity index (χ3n) is 6.94. The average molecular weight is 430 g/mol. The number of fused-ring (bicyclic) bond motifs is 2. The first-order chi connectivity index (χ1) is 15.8. The number of likely N-dealkylation sites (tertiary alicyclic amines) is 1. The number of ether oxygens (including phenoxy) is 1. The van der Waals surface area contributed by atoms with E-state index in [4.69, 9.17) is 9.72 Å². The molecule has 1 aliphatic carbocycles. The van der Waals surface area contributed by atoms with E-state index in [1.165, 1.54) is 19.5 Å². The lowest BCUT2D eigenvalue weighted by molar-refractivity contribution is 0.223. The molecule has 164 valence electrons. The lowest BCUT2D eigenvalue weighted by Gasteiger charge is -2.28. The smallest absolute Gasteiger partial charge is 0.138 e. The van der Waals surface area contributed by atoms with Crippen molar-refractivity contribution >= 4 is 11.3 Å². The molecule has 1 saturated carbocycles. The average Bonchev–Trinajstić information content (AvgIpc) is 3.25. The molecule has 2 atom stereocenters. The van der Waals surface area contributed by atoms with Crippen molar-refractivity contribution < 1.29 is 4.74 Å². The lowest BCUT2D eigenvalue weighted by Crippen LogP contribution is -2.43. The fourth-order valence-corrected chi connectivity index (χ4v) is 5.07. The van der Waals surface area contributed by atoms with Crippen LogP contribution in [-0.4, -0.2) is 71.9 Å². The first-order valence-electron chi connectivity index (χ1n) is 11.5. The van der Waals surface area contributed by atoms with Crippen LogP contribution >= 0.6 is 0 Å². The minimum Gasteiger partial charge on any atom is -0.491 e. The van der Waals surface area contributed by atoms with Crippen molar-refractivity contribution in [3.63, 3.8) is 0 Å². The van der Waals surface area contributed by atoms with Crippen LogP contribution in [0.2, 0.25) is 0 Å². The second-order valence-corrected chi connectivity index (χ2v) is 9.06. The number of rotatable bonds is 6. The van der Waals surface area contributed by atoms with Gasteiger partial charge < -0.3 is 15.0 Å². The molecule has 0 amide bonds. The Morgan fingerprint density at radius 1 is 1.16 bits per heavy atom. The molecule has 3 aliphatic rings. The van der Waals surface area contributed by atoms with E-state index in [-0.39, 0.29) is 0 Å². The molecule has 8 heteroatoms. The van der Waals surface area contributed by atoms with Crippen molar-refractivity contribution in [2.45, 2.75) is 6.42 Å². The summed E-state index contributed by atoms with van der Waals surface area (Å²) >= 11 is 0. The first-order valence-corrected chi connectivity index (χ1v) is 11.5. The summed E-state index contributed by atoms with van der Waals surface area (Å²) in [7, 11) is 0. The molecule has 0 bridgehead atoms.